The molecule has 0 bridgehead atoms. The van der Waals surface area contributed by atoms with Gasteiger partial charge in [0, 0.05) is 0 Å². The predicted octanol–water partition coefficient (Wildman–Crippen LogP) is 1.74. The first-order chi connectivity index (χ1) is 11.6. The van der Waals surface area contributed by atoms with Gasteiger partial charge in [0.1, 0.15) is 11.6 Å². The summed E-state index contributed by atoms with van der Waals surface area (Å²) in [5.74, 6) is -4.13. The van der Waals surface area contributed by atoms with E-state index in [1.807, 2.05) is 0 Å². The summed E-state index contributed by atoms with van der Waals surface area (Å²) in [6.07, 6.45) is 0. The molecule has 1 amide bonds. The highest BCUT2D eigenvalue weighted by Gasteiger charge is 2.54. The van der Waals surface area contributed by atoms with Crippen LogP contribution < -0.4 is 5.73 Å². The van der Waals surface area contributed by atoms with Gasteiger partial charge < -0.3 is 15.9 Å². The topological polar surface area (TPSA) is 121 Å². The van der Waals surface area contributed by atoms with Crippen LogP contribution in [0.5, 0.6) is 0 Å². The van der Waals surface area contributed by atoms with Crippen LogP contribution in [0.1, 0.15) is 39.3 Å². The number of primary amides is 1. The molecule has 1 rings (SSSR count). The Hall–Kier alpha value is -2.41. The van der Waals surface area contributed by atoms with Gasteiger partial charge in [-0.3, -0.25) is 19.3 Å². The second-order valence-electron chi connectivity index (χ2n) is 6.69. The zero-order valence-electron chi connectivity index (χ0n) is 15.0. The lowest BCUT2D eigenvalue weighted by molar-refractivity contribution is -0.169. The molecule has 7 heteroatoms. The van der Waals surface area contributed by atoms with Crippen molar-refractivity contribution in [3.8, 4) is 0 Å². The second-order valence-corrected chi connectivity index (χ2v) is 6.69. The summed E-state index contributed by atoms with van der Waals surface area (Å²) in [4.78, 5) is 37.2. The highest BCUT2D eigenvalue weighted by atomic mass is 16.4. The number of carbonyl (C=O) groups excluding carboxylic acids is 1. The van der Waals surface area contributed by atoms with Gasteiger partial charge in [-0.05, 0) is 17.4 Å². The number of hydrogen-bond donors (Lipinski definition) is 3. The van der Waals surface area contributed by atoms with Crippen molar-refractivity contribution in [2.75, 3.05) is 6.54 Å². The lowest BCUT2D eigenvalue weighted by Gasteiger charge is -2.48. The van der Waals surface area contributed by atoms with E-state index in [-0.39, 0.29) is 0 Å². The molecule has 1 unspecified atom stereocenters. The summed E-state index contributed by atoms with van der Waals surface area (Å²) in [7, 11) is 0. The van der Waals surface area contributed by atoms with Crippen molar-refractivity contribution < 1.29 is 24.6 Å². The Labute approximate surface area is 147 Å². The van der Waals surface area contributed by atoms with Crippen molar-refractivity contribution in [1.29, 1.82) is 0 Å². The zero-order chi connectivity index (χ0) is 19.4. The van der Waals surface area contributed by atoms with E-state index in [0.717, 1.165) is 0 Å². The van der Waals surface area contributed by atoms with Crippen LogP contribution in [0.2, 0.25) is 0 Å². The second kappa shape index (κ2) is 8.11. The fraction of sp³-hybridized carbons (Fsp3) is 0.500. The van der Waals surface area contributed by atoms with E-state index in [1.54, 1.807) is 58.0 Å². The molecular weight excluding hydrogens is 324 g/mol. The number of amides is 1. The Kier molecular flexibility index (Phi) is 6.70. The molecule has 4 N–H and O–H groups in total. The van der Waals surface area contributed by atoms with Crippen LogP contribution in [0.15, 0.2) is 30.3 Å². The van der Waals surface area contributed by atoms with Gasteiger partial charge in [0.15, 0.2) is 0 Å². The minimum Gasteiger partial charge on any atom is -0.480 e. The minimum absolute atomic E-state index is 0.392. The summed E-state index contributed by atoms with van der Waals surface area (Å²) in [6, 6.07) is 6.95. The first-order valence-corrected chi connectivity index (χ1v) is 8.12. The van der Waals surface area contributed by atoms with Gasteiger partial charge >= 0.3 is 11.9 Å². The number of hydrogen-bond acceptors (Lipinski definition) is 4. The lowest BCUT2D eigenvalue weighted by Crippen LogP contribution is -2.65. The van der Waals surface area contributed by atoms with Gasteiger partial charge in [-0.15, -0.1) is 0 Å². The van der Waals surface area contributed by atoms with Crippen LogP contribution in [0.4, 0.5) is 0 Å². The molecular formula is C18H26N2O5. The predicted molar refractivity (Wildman–Crippen MR) is 92.8 cm³/mol. The largest absolute Gasteiger partial charge is 0.480 e. The van der Waals surface area contributed by atoms with Crippen molar-refractivity contribution in [3.05, 3.63) is 35.9 Å². The quantitative estimate of drug-likeness (QED) is 0.624. The summed E-state index contributed by atoms with van der Waals surface area (Å²) in [6.45, 7) is 6.32. The Morgan fingerprint density at radius 3 is 1.84 bits per heavy atom. The summed E-state index contributed by atoms with van der Waals surface area (Å²) >= 11 is 0. The average Bonchev–Trinajstić information content (AvgIpc) is 2.46. The van der Waals surface area contributed by atoms with Crippen molar-refractivity contribution >= 4 is 17.8 Å². The SMILES string of the molecule is CC(C)C(C(=O)O)(C(C)C)N(CC(N)=O)C(C(=O)O)c1ccccc1. The third-order valence-electron chi connectivity index (χ3n) is 4.57. The zero-order valence-corrected chi connectivity index (χ0v) is 15.0. The van der Waals surface area contributed by atoms with E-state index in [9.17, 15) is 24.6 Å². The number of nitrogens with two attached hydrogens (primary N) is 1. The molecule has 1 aromatic carbocycles. The summed E-state index contributed by atoms with van der Waals surface area (Å²) in [5.41, 5.74) is 4.16. The highest BCUT2D eigenvalue weighted by molar-refractivity contribution is 5.85. The Bertz CT molecular complexity index is 620. The standard InChI is InChI=1S/C18H26N2O5/c1-11(2)18(12(3)4,17(24)25)20(10-14(19)21)15(16(22)23)13-8-6-5-7-9-13/h5-9,11-12,15H,10H2,1-4H3,(H2,19,21)(H,22,23)(H,24,25). The number of benzene rings is 1. The molecule has 138 valence electrons. The number of aliphatic carboxylic acids is 2. The molecule has 25 heavy (non-hydrogen) atoms. The Morgan fingerprint density at radius 1 is 1.04 bits per heavy atom. The monoisotopic (exact) mass is 350 g/mol. The lowest BCUT2D eigenvalue weighted by atomic mass is 9.74. The van der Waals surface area contributed by atoms with Crippen molar-refractivity contribution in [1.82, 2.24) is 4.90 Å². The van der Waals surface area contributed by atoms with Crippen LogP contribution in [0.3, 0.4) is 0 Å². The summed E-state index contributed by atoms with van der Waals surface area (Å²) in [5, 5.41) is 19.9. The third kappa shape index (κ3) is 3.99. The van der Waals surface area contributed by atoms with Gasteiger partial charge in [-0.1, -0.05) is 58.0 Å². The van der Waals surface area contributed by atoms with Crippen LogP contribution in [-0.2, 0) is 14.4 Å². The number of nitrogens with zero attached hydrogens (tertiary/aromatic N) is 1. The number of carboxylic acids is 2. The third-order valence-corrected chi connectivity index (χ3v) is 4.57. The molecule has 0 aliphatic carbocycles. The number of rotatable bonds is 9. The molecule has 1 aromatic rings. The molecule has 0 spiro atoms. The highest BCUT2D eigenvalue weighted by Crippen LogP contribution is 2.39. The Balaban J connectivity index is 3.70. The van der Waals surface area contributed by atoms with Crippen LogP contribution in [-0.4, -0.2) is 45.0 Å². The van der Waals surface area contributed by atoms with Gasteiger partial charge in [0.2, 0.25) is 5.91 Å². The van der Waals surface area contributed by atoms with E-state index in [2.05, 4.69) is 0 Å². The fourth-order valence-corrected chi connectivity index (χ4v) is 3.64. The number of carboxylic acid groups (broad SMARTS) is 2. The van der Waals surface area contributed by atoms with E-state index in [1.165, 1.54) is 4.90 Å². The van der Waals surface area contributed by atoms with E-state index >= 15 is 0 Å². The van der Waals surface area contributed by atoms with Gasteiger partial charge in [0.25, 0.3) is 0 Å². The molecule has 0 radical (unpaired) electrons. The molecule has 1 atom stereocenters. The van der Waals surface area contributed by atoms with Crippen LogP contribution in [0, 0.1) is 11.8 Å². The van der Waals surface area contributed by atoms with Crippen molar-refractivity contribution in [2.24, 2.45) is 17.6 Å². The van der Waals surface area contributed by atoms with Crippen molar-refractivity contribution in [3.63, 3.8) is 0 Å². The van der Waals surface area contributed by atoms with Gasteiger partial charge in [-0.2, -0.15) is 0 Å². The molecule has 7 nitrogen and oxygen atoms in total. The fourth-order valence-electron chi connectivity index (χ4n) is 3.64. The van der Waals surface area contributed by atoms with E-state index < -0.39 is 47.8 Å². The molecule has 0 saturated carbocycles. The summed E-state index contributed by atoms with van der Waals surface area (Å²) < 4.78 is 0. The maximum Gasteiger partial charge on any atom is 0.325 e. The molecule has 0 heterocycles. The van der Waals surface area contributed by atoms with E-state index in [0.29, 0.717) is 5.56 Å². The van der Waals surface area contributed by atoms with Gasteiger partial charge in [0.05, 0.1) is 6.54 Å². The van der Waals surface area contributed by atoms with Gasteiger partial charge in [-0.25, -0.2) is 0 Å². The Morgan fingerprint density at radius 2 is 1.52 bits per heavy atom. The minimum atomic E-state index is -1.58. The maximum absolute atomic E-state index is 12.3. The molecule has 0 aliphatic heterocycles. The first-order valence-electron chi connectivity index (χ1n) is 8.12. The normalized spacial score (nSPS) is 13.2. The van der Waals surface area contributed by atoms with E-state index in [4.69, 9.17) is 5.73 Å². The number of carbonyl (C=O) groups is 3. The molecule has 0 fully saturated rings. The average molecular weight is 350 g/mol. The molecule has 0 aliphatic rings. The molecule has 0 aromatic heterocycles. The first kappa shape index (κ1) is 20.6. The van der Waals surface area contributed by atoms with Crippen LogP contribution in [0.25, 0.3) is 0 Å². The smallest absolute Gasteiger partial charge is 0.325 e. The van der Waals surface area contributed by atoms with Crippen LogP contribution >= 0.6 is 0 Å². The molecule has 0 saturated heterocycles. The van der Waals surface area contributed by atoms with Crippen molar-refractivity contribution in [2.45, 2.75) is 39.3 Å². The maximum atomic E-state index is 12.3.